The van der Waals surface area contributed by atoms with Gasteiger partial charge in [-0.2, -0.15) is 0 Å². The number of nitrogens with two attached hydrogens (primary N) is 1. The molecule has 0 amide bonds. The summed E-state index contributed by atoms with van der Waals surface area (Å²) in [5.41, 5.74) is 6.87. The van der Waals surface area contributed by atoms with Crippen LogP contribution >= 0.6 is 0 Å². The number of nitrogens with zero attached hydrogens (tertiary/aromatic N) is 1. The van der Waals surface area contributed by atoms with Crippen molar-refractivity contribution in [1.29, 1.82) is 0 Å². The lowest BCUT2D eigenvalue weighted by atomic mass is 10.3. The van der Waals surface area contributed by atoms with Gasteiger partial charge in [0.1, 0.15) is 5.75 Å². The fourth-order valence-electron chi connectivity index (χ4n) is 1.35. The van der Waals surface area contributed by atoms with Crippen molar-refractivity contribution in [2.24, 2.45) is 0 Å². The van der Waals surface area contributed by atoms with E-state index in [0.717, 1.165) is 0 Å². The number of rotatable bonds is 1. The maximum atomic E-state index is 11.5. The minimum absolute atomic E-state index is 0.117. The molecule has 0 spiro atoms. The van der Waals surface area contributed by atoms with Crippen LogP contribution in [0.15, 0.2) is 35.3 Å². The number of hydrogen-bond acceptors (Lipinski definition) is 3. The SMILES string of the molecule is COc1ccc2c(N)ccc(=O)n2c1. The molecule has 0 fully saturated rings. The molecular weight excluding hydrogens is 180 g/mol. The van der Waals surface area contributed by atoms with Crippen LogP contribution in [0, 0.1) is 0 Å². The normalized spacial score (nSPS) is 10.4. The molecule has 2 aromatic rings. The molecule has 2 heterocycles. The summed E-state index contributed by atoms with van der Waals surface area (Å²) in [6.07, 6.45) is 1.62. The molecule has 0 aliphatic carbocycles. The summed E-state index contributed by atoms with van der Waals surface area (Å²) >= 11 is 0. The molecule has 0 saturated carbocycles. The maximum Gasteiger partial charge on any atom is 0.255 e. The van der Waals surface area contributed by atoms with Crippen LogP contribution in [0.5, 0.6) is 5.75 Å². The molecule has 0 saturated heterocycles. The van der Waals surface area contributed by atoms with Gasteiger partial charge in [0.15, 0.2) is 0 Å². The van der Waals surface area contributed by atoms with E-state index in [9.17, 15) is 4.79 Å². The van der Waals surface area contributed by atoms with Crippen LogP contribution in [-0.4, -0.2) is 11.5 Å². The summed E-state index contributed by atoms with van der Waals surface area (Å²) in [7, 11) is 1.55. The Morgan fingerprint density at radius 1 is 1.29 bits per heavy atom. The van der Waals surface area contributed by atoms with Crippen molar-refractivity contribution in [2.75, 3.05) is 12.8 Å². The van der Waals surface area contributed by atoms with Crippen LogP contribution in [0.4, 0.5) is 5.69 Å². The number of ether oxygens (including phenoxy) is 1. The minimum Gasteiger partial charge on any atom is -0.495 e. The molecule has 0 atom stereocenters. The van der Waals surface area contributed by atoms with Crippen LogP contribution in [0.25, 0.3) is 5.52 Å². The van der Waals surface area contributed by atoms with Crippen molar-refractivity contribution in [3.05, 3.63) is 40.8 Å². The Bertz CT molecular complexity index is 531. The van der Waals surface area contributed by atoms with Crippen molar-refractivity contribution in [3.8, 4) is 5.75 Å². The number of pyridine rings is 2. The van der Waals surface area contributed by atoms with Gasteiger partial charge < -0.3 is 10.5 Å². The highest BCUT2D eigenvalue weighted by Crippen LogP contribution is 2.15. The Morgan fingerprint density at radius 2 is 2.07 bits per heavy atom. The highest BCUT2D eigenvalue weighted by atomic mass is 16.5. The Morgan fingerprint density at radius 3 is 2.79 bits per heavy atom. The second kappa shape index (κ2) is 3.06. The number of hydrogen-bond donors (Lipinski definition) is 1. The summed E-state index contributed by atoms with van der Waals surface area (Å²) in [6, 6.07) is 6.56. The Kier molecular flexibility index (Phi) is 1.89. The molecule has 0 unspecified atom stereocenters. The van der Waals surface area contributed by atoms with Crippen LogP contribution in [0.3, 0.4) is 0 Å². The summed E-state index contributed by atoms with van der Waals surface area (Å²) in [6.45, 7) is 0. The summed E-state index contributed by atoms with van der Waals surface area (Å²) in [5, 5.41) is 0. The Hall–Kier alpha value is -1.97. The van der Waals surface area contributed by atoms with Crippen LogP contribution in [0.1, 0.15) is 0 Å². The molecule has 0 aliphatic heterocycles. The monoisotopic (exact) mass is 190 g/mol. The molecule has 4 heteroatoms. The van der Waals surface area contributed by atoms with E-state index in [4.69, 9.17) is 10.5 Å². The molecule has 0 radical (unpaired) electrons. The predicted molar refractivity (Wildman–Crippen MR) is 54.6 cm³/mol. The van der Waals surface area contributed by atoms with Gasteiger partial charge in [-0.3, -0.25) is 9.20 Å². The Balaban J connectivity index is 2.87. The Labute approximate surface area is 80.5 Å². The van der Waals surface area contributed by atoms with Gasteiger partial charge in [-0.1, -0.05) is 0 Å². The van der Waals surface area contributed by atoms with E-state index in [-0.39, 0.29) is 5.56 Å². The second-order valence-corrected chi connectivity index (χ2v) is 2.95. The third-order valence-corrected chi connectivity index (χ3v) is 2.10. The number of anilines is 1. The number of fused-ring (bicyclic) bond motifs is 1. The van der Waals surface area contributed by atoms with Crippen molar-refractivity contribution in [1.82, 2.24) is 4.40 Å². The average Bonchev–Trinajstić information content (AvgIpc) is 2.23. The van der Waals surface area contributed by atoms with Crippen LogP contribution < -0.4 is 16.0 Å². The van der Waals surface area contributed by atoms with Gasteiger partial charge >= 0.3 is 0 Å². The molecule has 72 valence electrons. The fourth-order valence-corrected chi connectivity index (χ4v) is 1.35. The van der Waals surface area contributed by atoms with E-state index in [0.29, 0.717) is 17.0 Å². The average molecular weight is 190 g/mol. The second-order valence-electron chi connectivity index (χ2n) is 2.95. The van der Waals surface area contributed by atoms with Crippen LogP contribution in [-0.2, 0) is 0 Å². The number of nitrogen functional groups attached to an aromatic ring is 1. The molecule has 0 aromatic carbocycles. The molecule has 0 bridgehead atoms. The molecule has 2 rings (SSSR count). The van der Waals surface area contributed by atoms with Gasteiger partial charge in [0.2, 0.25) is 0 Å². The van der Waals surface area contributed by atoms with E-state index in [1.165, 1.54) is 10.5 Å². The number of methoxy groups -OCH3 is 1. The molecular formula is C10H10N2O2. The first-order chi connectivity index (χ1) is 6.72. The summed E-state index contributed by atoms with van der Waals surface area (Å²) < 4.78 is 6.48. The van der Waals surface area contributed by atoms with Gasteiger partial charge in [-0.05, 0) is 18.2 Å². The zero-order valence-electron chi connectivity index (χ0n) is 7.73. The van der Waals surface area contributed by atoms with Crippen molar-refractivity contribution in [3.63, 3.8) is 0 Å². The van der Waals surface area contributed by atoms with Crippen LogP contribution in [0.2, 0.25) is 0 Å². The summed E-state index contributed by atoms with van der Waals surface area (Å²) in [4.78, 5) is 11.5. The topological polar surface area (TPSA) is 56.7 Å². The van der Waals surface area contributed by atoms with Gasteiger partial charge in [0.25, 0.3) is 5.56 Å². The van der Waals surface area contributed by atoms with E-state index in [2.05, 4.69) is 0 Å². The lowest BCUT2D eigenvalue weighted by molar-refractivity contribution is 0.412. The van der Waals surface area contributed by atoms with E-state index < -0.39 is 0 Å². The van der Waals surface area contributed by atoms with Gasteiger partial charge in [-0.15, -0.1) is 0 Å². The molecule has 0 aliphatic rings. The molecule has 2 N–H and O–H groups in total. The van der Waals surface area contributed by atoms with Gasteiger partial charge in [0.05, 0.1) is 24.5 Å². The third-order valence-electron chi connectivity index (χ3n) is 2.10. The van der Waals surface area contributed by atoms with E-state index >= 15 is 0 Å². The first-order valence-electron chi connectivity index (χ1n) is 4.17. The first kappa shape index (κ1) is 8.62. The summed E-state index contributed by atoms with van der Waals surface area (Å²) in [5.74, 6) is 0.630. The van der Waals surface area contributed by atoms with Crippen molar-refractivity contribution < 1.29 is 4.74 Å². The smallest absolute Gasteiger partial charge is 0.255 e. The predicted octanol–water partition coefficient (Wildman–Crippen LogP) is 0.890. The molecule has 4 nitrogen and oxygen atoms in total. The molecule has 14 heavy (non-hydrogen) atoms. The quantitative estimate of drug-likeness (QED) is 0.726. The maximum absolute atomic E-state index is 11.5. The van der Waals surface area contributed by atoms with Gasteiger partial charge in [-0.25, -0.2) is 0 Å². The standard InChI is InChI=1S/C10H10N2O2/c1-14-7-2-4-9-8(11)3-5-10(13)12(9)6-7/h2-6H,11H2,1H3. The highest BCUT2D eigenvalue weighted by molar-refractivity contribution is 5.69. The lowest BCUT2D eigenvalue weighted by Gasteiger charge is -2.05. The first-order valence-corrected chi connectivity index (χ1v) is 4.17. The van der Waals surface area contributed by atoms with E-state index in [1.54, 1.807) is 31.5 Å². The largest absolute Gasteiger partial charge is 0.495 e. The number of aromatic nitrogens is 1. The fraction of sp³-hybridized carbons (Fsp3) is 0.100. The van der Waals surface area contributed by atoms with Gasteiger partial charge in [0, 0.05) is 6.07 Å². The van der Waals surface area contributed by atoms with E-state index in [1.807, 2.05) is 0 Å². The zero-order chi connectivity index (χ0) is 10.1. The lowest BCUT2D eigenvalue weighted by Crippen LogP contribution is -2.12. The highest BCUT2D eigenvalue weighted by Gasteiger charge is 2.00. The van der Waals surface area contributed by atoms with Crippen molar-refractivity contribution in [2.45, 2.75) is 0 Å². The zero-order valence-corrected chi connectivity index (χ0v) is 7.73. The minimum atomic E-state index is -0.117. The van der Waals surface area contributed by atoms with Crippen molar-refractivity contribution >= 4 is 11.2 Å². The molecule has 2 aromatic heterocycles. The third kappa shape index (κ3) is 1.21.